The summed E-state index contributed by atoms with van der Waals surface area (Å²) in [6.07, 6.45) is 7.24. The van der Waals surface area contributed by atoms with Crippen LogP contribution in [0, 0.1) is 6.92 Å². The lowest BCUT2D eigenvalue weighted by atomic mass is 10.0. The van der Waals surface area contributed by atoms with Gasteiger partial charge in [0.2, 0.25) is 0 Å². The summed E-state index contributed by atoms with van der Waals surface area (Å²) in [5, 5.41) is 7.23. The van der Waals surface area contributed by atoms with Gasteiger partial charge in [0.25, 0.3) is 0 Å². The summed E-state index contributed by atoms with van der Waals surface area (Å²) in [7, 11) is 0. The van der Waals surface area contributed by atoms with E-state index in [0.29, 0.717) is 6.54 Å². The van der Waals surface area contributed by atoms with Crippen molar-refractivity contribution in [1.29, 1.82) is 0 Å². The third-order valence-corrected chi connectivity index (χ3v) is 9.30. The van der Waals surface area contributed by atoms with Crippen LogP contribution in [0.1, 0.15) is 58.2 Å². The third kappa shape index (κ3) is 4.18. The van der Waals surface area contributed by atoms with Crippen molar-refractivity contribution in [3.05, 3.63) is 35.8 Å². The summed E-state index contributed by atoms with van der Waals surface area (Å²) in [5.74, 6) is 0. The molecule has 0 unspecified atom stereocenters. The first kappa shape index (κ1) is 20.4. The lowest BCUT2D eigenvalue weighted by Crippen LogP contribution is -2.31. The van der Waals surface area contributed by atoms with Crippen molar-refractivity contribution in [2.24, 2.45) is 0 Å². The molecule has 1 aliphatic heterocycles. The van der Waals surface area contributed by atoms with Crippen LogP contribution in [0.5, 0.6) is 0 Å². The molecule has 0 bridgehead atoms. The van der Waals surface area contributed by atoms with Crippen LogP contribution in [0.3, 0.4) is 0 Å². The number of nitrogens with zero attached hydrogens (tertiary/aromatic N) is 1. The second kappa shape index (κ2) is 8.86. The molecule has 4 rings (SSSR count). The van der Waals surface area contributed by atoms with Crippen LogP contribution in [0.15, 0.2) is 3.79 Å². The molecular weight excluding hydrogens is 454 g/mol. The second-order valence-corrected chi connectivity index (χ2v) is 11.2. The number of amides is 2. The standard InChI is InChI=1S/C21H28BrN3OS2/c1-3-25-10-9-15-16(19(22)27-18(15)12-25)11-23-21(26)24-20-13(2)14-7-5-4-6-8-17(14)28-20/h3-12H2,1-2H3,(H2,23,24,26). The molecule has 1 aliphatic carbocycles. The molecule has 4 nitrogen and oxygen atoms in total. The topological polar surface area (TPSA) is 44.4 Å². The second-order valence-electron chi connectivity index (χ2n) is 7.70. The molecular formula is C21H28BrN3OS2. The predicted octanol–water partition coefficient (Wildman–Crippen LogP) is 5.85. The number of aryl methyl sites for hydroxylation is 1. The van der Waals surface area contributed by atoms with Crippen LogP contribution in [0.4, 0.5) is 9.80 Å². The van der Waals surface area contributed by atoms with E-state index in [1.807, 2.05) is 11.3 Å². The number of anilines is 1. The highest BCUT2D eigenvalue weighted by Gasteiger charge is 2.23. The summed E-state index contributed by atoms with van der Waals surface area (Å²) >= 11 is 7.31. The molecule has 7 heteroatoms. The molecule has 2 amide bonds. The Bertz CT molecular complexity index is 874. The van der Waals surface area contributed by atoms with Crippen molar-refractivity contribution in [1.82, 2.24) is 10.2 Å². The molecule has 0 saturated carbocycles. The van der Waals surface area contributed by atoms with E-state index in [1.165, 1.54) is 51.3 Å². The van der Waals surface area contributed by atoms with Gasteiger partial charge in [-0.05, 0) is 83.8 Å². The highest BCUT2D eigenvalue weighted by atomic mass is 79.9. The molecule has 2 N–H and O–H groups in total. The number of likely N-dealkylation sites (N-methyl/N-ethyl adjacent to an activating group) is 1. The molecule has 0 atom stereocenters. The quantitative estimate of drug-likeness (QED) is 0.537. The van der Waals surface area contributed by atoms with E-state index in [2.05, 4.69) is 45.3 Å². The maximum atomic E-state index is 12.6. The zero-order valence-electron chi connectivity index (χ0n) is 16.6. The zero-order valence-corrected chi connectivity index (χ0v) is 19.8. The Morgan fingerprint density at radius 2 is 1.93 bits per heavy atom. The van der Waals surface area contributed by atoms with E-state index >= 15 is 0 Å². The van der Waals surface area contributed by atoms with Gasteiger partial charge in [-0.2, -0.15) is 0 Å². The van der Waals surface area contributed by atoms with Gasteiger partial charge in [0, 0.05) is 29.4 Å². The molecule has 0 spiro atoms. The number of hydrogen-bond acceptors (Lipinski definition) is 4. The van der Waals surface area contributed by atoms with Crippen molar-refractivity contribution in [3.63, 3.8) is 0 Å². The largest absolute Gasteiger partial charge is 0.334 e. The molecule has 152 valence electrons. The fraction of sp³-hybridized carbons (Fsp3) is 0.571. The Hall–Kier alpha value is -0.890. The number of fused-ring (bicyclic) bond motifs is 2. The van der Waals surface area contributed by atoms with Gasteiger partial charge in [-0.1, -0.05) is 13.3 Å². The fourth-order valence-corrected chi connectivity index (χ4v) is 7.66. The third-order valence-electron chi connectivity index (χ3n) is 5.98. The van der Waals surface area contributed by atoms with E-state index in [0.717, 1.165) is 47.7 Å². The number of urea groups is 1. The monoisotopic (exact) mass is 481 g/mol. The Labute approximate surface area is 183 Å². The van der Waals surface area contributed by atoms with Crippen molar-refractivity contribution >= 4 is 49.6 Å². The van der Waals surface area contributed by atoms with Gasteiger partial charge >= 0.3 is 6.03 Å². The average Bonchev–Trinajstić information content (AvgIpc) is 3.03. The number of nitrogens with one attached hydrogen (secondary N) is 2. The van der Waals surface area contributed by atoms with Gasteiger partial charge in [-0.15, -0.1) is 22.7 Å². The summed E-state index contributed by atoms with van der Waals surface area (Å²) in [6.45, 7) is 8.17. The maximum absolute atomic E-state index is 12.6. The summed E-state index contributed by atoms with van der Waals surface area (Å²) in [4.78, 5) is 18.0. The molecule has 0 radical (unpaired) electrons. The van der Waals surface area contributed by atoms with Crippen LogP contribution < -0.4 is 10.6 Å². The molecule has 3 heterocycles. The number of rotatable bonds is 4. The Balaban J connectivity index is 1.40. The Morgan fingerprint density at radius 3 is 2.75 bits per heavy atom. The minimum Gasteiger partial charge on any atom is -0.334 e. The highest BCUT2D eigenvalue weighted by Crippen LogP contribution is 2.38. The number of carbonyl (C=O) groups is 1. The highest BCUT2D eigenvalue weighted by molar-refractivity contribution is 9.11. The van der Waals surface area contributed by atoms with Gasteiger partial charge in [-0.25, -0.2) is 4.79 Å². The van der Waals surface area contributed by atoms with Gasteiger partial charge < -0.3 is 5.32 Å². The number of carbonyl (C=O) groups excluding carboxylic acids is 1. The predicted molar refractivity (Wildman–Crippen MR) is 123 cm³/mol. The first-order valence-electron chi connectivity index (χ1n) is 10.2. The Kier molecular flexibility index (Phi) is 6.45. The number of halogens is 1. The molecule has 2 aromatic rings. The molecule has 2 aromatic heterocycles. The van der Waals surface area contributed by atoms with Crippen LogP contribution in [-0.2, 0) is 32.4 Å². The maximum Gasteiger partial charge on any atom is 0.320 e. The number of hydrogen-bond donors (Lipinski definition) is 2. The van der Waals surface area contributed by atoms with Crippen molar-refractivity contribution in [2.45, 2.75) is 65.5 Å². The Morgan fingerprint density at radius 1 is 1.11 bits per heavy atom. The van der Waals surface area contributed by atoms with E-state index in [4.69, 9.17) is 0 Å². The van der Waals surface area contributed by atoms with Crippen LogP contribution in [0.25, 0.3) is 0 Å². The van der Waals surface area contributed by atoms with E-state index in [9.17, 15) is 4.79 Å². The van der Waals surface area contributed by atoms with Crippen molar-refractivity contribution in [2.75, 3.05) is 18.4 Å². The van der Waals surface area contributed by atoms with E-state index < -0.39 is 0 Å². The first-order chi connectivity index (χ1) is 13.6. The van der Waals surface area contributed by atoms with Gasteiger partial charge in [0.15, 0.2) is 0 Å². The SMILES string of the molecule is CCN1CCc2c(sc(Br)c2CNC(=O)Nc2sc3c(c2C)CCCCC3)C1. The minimum atomic E-state index is -0.0997. The molecule has 0 aromatic carbocycles. The van der Waals surface area contributed by atoms with Crippen LogP contribution in [-0.4, -0.2) is 24.0 Å². The summed E-state index contributed by atoms with van der Waals surface area (Å²) in [5.41, 5.74) is 5.43. The molecule has 0 saturated heterocycles. The molecule has 28 heavy (non-hydrogen) atoms. The normalized spacial score (nSPS) is 17.0. The van der Waals surface area contributed by atoms with Gasteiger partial charge in [0.05, 0.1) is 8.79 Å². The van der Waals surface area contributed by atoms with Crippen LogP contribution in [0.2, 0.25) is 0 Å². The fourth-order valence-electron chi connectivity index (χ4n) is 4.27. The van der Waals surface area contributed by atoms with Gasteiger partial charge in [-0.3, -0.25) is 10.2 Å². The number of thiophene rings is 2. The van der Waals surface area contributed by atoms with Crippen molar-refractivity contribution < 1.29 is 4.79 Å². The van der Waals surface area contributed by atoms with E-state index in [1.54, 1.807) is 11.3 Å². The lowest BCUT2D eigenvalue weighted by molar-refractivity contribution is 0.251. The zero-order chi connectivity index (χ0) is 19.7. The van der Waals surface area contributed by atoms with Crippen LogP contribution >= 0.6 is 38.6 Å². The molecule has 2 aliphatic rings. The molecule has 0 fully saturated rings. The lowest BCUT2D eigenvalue weighted by Gasteiger charge is -2.25. The van der Waals surface area contributed by atoms with Crippen molar-refractivity contribution in [3.8, 4) is 0 Å². The average molecular weight is 483 g/mol. The summed E-state index contributed by atoms with van der Waals surface area (Å²) in [6, 6.07) is -0.0997. The van der Waals surface area contributed by atoms with E-state index in [-0.39, 0.29) is 6.03 Å². The first-order valence-corrected chi connectivity index (χ1v) is 12.7. The summed E-state index contributed by atoms with van der Waals surface area (Å²) < 4.78 is 1.16. The minimum absolute atomic E-state index is 0.0997. The van der Waals surface area contributed by atoms with Gasteiger partial charge in [0.1, 0.15) is 0 Å². The smallest absolute Gasteiger partial charge is 0.320 e.